The third-order valence-corrected chi connectivity index (χ3v) is 4.01. The summed E-state index contributed by atoms with van der Waals surface area (Å²) in [6.45, 7) is 3.49. The van der Waals surface area contributed by atoms with Crippen molar-refractivity contribution in [3.8, 4) is 11.3 Å². The molecule has 6 nitrogen and oxygen atoms in total. The first kappa shape index (κ1) is 16.3. The Morgan fingerprint density at radius 3 is 2.71 bits per heavy atom. The number of rotatable bonds is 4. The van der Waals surface area contributed by atoms with Gasteiger partial charge in [0.05, 0.1) is 6.10 Å². The summed E-state index contributed by atoms with van der Waals surface area (Å²) >= 11 is 1.01. The van der Waals surface area contributed by atoms with Crippen molar-refractivity contribution in [2.75, 3.05) is 0 Å². The lowest BCUT2D eigenvalue weighted by molar-refractivity contribution is -0.146. The summed E-state index contributed by atoms with van der Waals surface area (Å²) in [6, 6.07) is 5.77. The summed E-state index contributed by atoms with van der Waals surface area (Å²) in [4.78, 5) is 30.8. The Morgan fingerprint density at radius 1 is 1.33 bits per heavy atom. The van der Waals surface area contributed by atoms with Gasteiger partial charge in [0.25, 0.3) is 5.56 Å². The average Bonchev–Trinajstić information content (AvgIpc) is 2.91. The zero-order valence-electron chi connectivity index (χ0n) is 13.0. The number of esters is 1. The molecule has 3 rings (SSSR count). The summed E-state index contributed by atoms with van der Waals surface area (Å²) < 4.78 is 22.7. The van der Waals surface area contributed by atoms with E-state index in [-0.39, 0.29) is 29.7 Å². The lowest BCUT2D eigenvalue weighted by Crippen LogP contribution is -2.18. The van der Waals surface area contributed by atoms with Gasteiger partial charge in [0.1, 0.15) is 34.0 Å². The predicted octanol–water partition coefficient (Wildman–Crippen LogP) is 2.68. The quantitative estimate of drug-likeness (QED) is 0.734. The van der Waals surface area contributed by atoms with Crippen LogP contribution in [0.1, 0.15) is 19.7 Å². The predicted molar refractivity (Wildman–Crippen MR) is 88.4 cm³/mol. The van der Waals surface area contributed by atoms with Crippen LogP contribution >= 0.6 is 11.5 Å². The number of nitrogens with zero attached hydrogens (tertiary/aromatic N) is 2. The van der Waals surface area contributed by atoms with Gasteiger partial charge in [0.15, 0.2) is 0 Å². The van der Waals surface area contributed by atoms with E-state index in [9.17, 15) is 14.0 Å². The molecule has 0 unspecified atom stereocenters. The van der Waals surface area contributed by atoms with Crippen molar-refractivity contribution in [3.05, 3.63) is 46.3 Å². The third-order valence-electron chi connectivity index (χ3n) is 3.17. The van der Waals surface area contributed by atoms with Gasteiger partial charge in [-0.25, -0.2) is 9.37 Å². The number of carbonyl (C=O) groups excluding carboxylic acids is 1. The molecule has 3 aromatic rings. The van der Waals surface area contributed by atoms with Crippen molar-refractivity contribution in [1.82, 2.24) is 14.3 Å². The molecule has 24 heavy (non-hydrogen) atoms. The number of aromatic nitrogens is 3. The topological polar surface area (TPSA) is 84.9 Å². The maximum Gasteiger partial charge on any atom is 0.313 e. The van der Waals surface area contributed by atoms with Crippen LogP contribution in [0.25, 0.3) is 21.5 Å². The number of fused-ring (bicyclic) bond motifs is 1. The standard InChI is InChI=1S/C16H14FN3O3S/c1-8(2)23-12(21)7-11-18-14-13(9-3-5-10(17)6-4-9)20-24-15(14)16(22)19-11/h3-6,8H,7H2,1-2H3,(H,18,19,22). The summed E-state index contributed by atoms with van der Waals surface area (Å²) in [5.74, 6) is -0.623. The summed E-state index contributed by atoms with van der Waals surface area (Å²) in [5.41, 5.74) is 1.16. The minimum Gasteiger partial charge on any atom is -0.463 e. The molecule has 0 saturated heterocycles. The minimum atomic E-state index is -0.473. The van der Waals surface area contributed by atoms with Gasteiger partial charge in [0.2, 0.25) is 0 Å². The van der Waals surface area contributed by atoms with Crippen molar-refractivity contribution < 1.29 is 13.9 Å². The van der Waals surface area contributed by atoms with E-state index in [1.54, 1.807) is 26.0 Å². The van der Waals surface area contributed by atoms with Crippen molar-refractivity contribution in [2.45, 2.75) is 26.4 Å². The second kappa shape index (κ2) is 6.48. The summed E-state index contributed by atoms with van der Waals surface area (Å²) in [5, 5.41) is 0. The molecular weight excluding hydrogens is 333 g/mol. The van der Waals surface area contributed by atoms with Crippen LogP contribution in [0.4, 0.5) is 4.39 Å². The molecule has 0 radical (unpaired) electrons. The maximum absolute atomic E-state index is 13.1. The van der Waals surface area contributed by atoms with Crippen molar-refractivity contribution >= 4 is 27.7 Å². The molecule has 0 aliphatic rings. The van der Waals surface area contributed by atoms with Crippen molar-refractivity contribution in [3.63, 3.8) is 0 Å². The Labute approximate surface area is 140 Å². The second-order valence-corrected chi connectivity index (χ2v) is 6.22. The Bertz CT molecular complexity index is 947. The van der Waals surface area contributed by atoms with E-state index in [0.29, 0.717) is 21.5 Å². The molecule has 0 aliphatic carbocycles. The summed E-state index contributed by atoms with van der Waals surface area (Å²) in [7, 11) is 0. The van der Waals surface area contributed by atoms with Gasteiger partial charge < -0.3 is 9.72 Å². The molecule has 0 saturated carbocycles. The first-order chi connectivity index (χ1) is 11.4. The molecule has 0 fully saturated rings. The molecule has 0 atom stereocenters. The van der Waals surface area contributed by atoms with Crippen LogP contribution < -0.4 is 5.56 Å². The highest BCUT2D eigenvalue weighted by molar-refractivity contribution is 7.13. The molecule has 0 amide bonds. The SMILES string of the molecule is CC(C)OC(=O)Cc1nc2c(-c3ccc(F)cc3)nsc2c(=O)[nH]1. The smallest absolute Gasteiger partial charge is 0.313 e. The molecule has 124 valence electrons. The molecule has 0 spiro atoms. The van der Waals surface area contributed by atoms with Gasteiger partial charge in [-0.05, 0) is 49.6 Å². The molecule has 0 aliphatic heterocycles. The number of hydrogen-bond acceptors (Lipinski definition) is 6. The van der Waals surface area contributed by atoms with E-state index in [1.807, 2.05) is 0 Å². The number of H-pyrrole nitrogens is 1. The highest BCUT2D eigenvalue weighted by Crippen LogP contribution is 2.27. The Kier molecular flexibility index (Phi) is 4.39. The average molecular weight is 347 g/mol. The first-order valence-electron chi connectivity index (χ1n) is 7.28. The zero-order valence-corrected chi connectivity index (χ0v) is 13.8. The molecule has 1 N–H and O–H groups in total. The Morgan fingerprint density at radius 2 is 2.04 bits per heavy atom. The number of ether oxygens (including phenoxy) is 1. The van der Waals surface area contributed by atoms with Crippen molar-refractivity contribution in [2.24, 2.45) is 0 Å². The van der Waals surface area contributed by atoms with Gasteiger partial charge >= 0.3 is 5.97 Å². The monoisotopic (exact) mass is 347 g/mol. The fraction of sp³-hybridized carbons (Fsp3) is 0.250. The van der Waals surface area contributed by atoms with Crippen LogP contribution in [0.2, 0.25) is 0 Å². The van der Waals surface area contributed by atoms with Crippen LogP contribution in [-0.2, 0) is 16.0 Å². The van der Waals surface area contributed by atoms with Gasteiger partial charge in [-0.1, -0.05) is 0 Å². The highest BCUT2D eigenvalue weighted by atomic mass is 32.1. The second-order valence-electron chi connectivity index (χ2n) is 5.44. The van der Waals surface area contributed by atoms with Crippen LogP contribution in [-0.4, -0.2) is 26.4 Å². The van der Waals surface area contributed by atoms with E-state index in [1.165, 1.54) is 12.1 Å². The van der Waals surface area contributed by atoms with Crippen LogP contribution in [0, 0.1) is 5.82 Å². The van der Waals surface area contributed by atoms with Gasteiger partial charge in [-0.15, -0.1) is 0 Å². The molecule has 2 aromatic heterocycles. The van der Waals surface area contributed by atoms with E-state index < -0.39 is 5.97 Å². The number of benzene rings is 1. The summed E-state index contributed by atoms with van der Waals surface area (Å²) in [6.07, 6.45) is -0.382. The van der Waals surface area contributed by atoms with Crippen LogP contribution in [0.5, 0.6) is 0 Å². The van der Waals surface area contributed by atoms with Gasteiger partial charge in [-0.3, -0.25) is 9.59 Å². The van der Waals surface area contributed by atoms with Gasteiger partial charge in [-0.2, -0.15) is 4.37 Å². The third kappa shape index (κ3) is 3.33. The molecular formula is C16H14FN3O3S. The molecule has 1 aromatic carbocycles. The van der Waals surface area contributed by atoms with Gasteiger partial charge in [0, 0.05) is 5.56 Å². The minimum absolute atomic E-state index is 0.137. The molecule has 2 heterocycles. The fourth-order valence-electron chi connectivity index (χ4n) is 2.21. The van der Waals surface area contributed by atoms with Crippen LogP contribution in [0.15, 0.2) is 29.1 Å². The fourth-order valence-corrected chi connectivity index (χ4v) is 2.95. The van der Waals surface area contributed by atoms with Crippen molar-refractivity contribution in [1.29, 1.82) is 0 Å². The zero-order chi connectivity index (χ0) is 17.3. The largest absolute Gasteiger partial charge is 0.463 e. The van der Waals surface area contributed by atoms with E-state index >= 15 is 0 Å². The maximum atomic E-state index is 13.1. The lowest BCUT2D eigenvalue weighted by atomic mass is 10.1. The van der Waals surface area contributed by atoms with E-state index in [0.717, 1.165) is 11.5 Å². The lowest BCUT2D eigenvalue weighted by Gasteiger charge is -2.07. The Hall–Kier alpha value is -2.61. The number of hydrogen-bond donors (Lipinski definition) is 1. The molecule has 0 bridgehead atoms. The molecule has 8 heteroatoms. The normalized spacial score (nSPS) is 11.2. The van der Waals surface area contributed by atoms with E-state index in [4.69, 9.17) is 4.74 Å². The Balaban J connectivity index is 2.02. The first-order valence-corrected chi connectivity index (χ1v) is 8.05. The number of halogens is 1. The number of nitrogens with one attached hydrogen (secondary N) is 1. The number of aromatic amines is 1. The highest BCUT2D eigenvalue weighted by Gasteiger charge is 2.16. The van der Waals surface area contributed by atoms with Crippen LogP contribution in [0.3, 0.4) is 0 Å². The van der Waals surface area contributed by atoms with E-state index in [2.05, 4.69) is 14.3 Å². The number of carbonyl (C=O) groups is 1.